The molecule has 6 nitrogen and oxygen atoms in total. The molecule has 1 amide bonds. The van der Waals surface area contributed by atoms with Gasteiger partial charge in [-0.25, -0.2) is 4.79 Å². The van der Waals surface area contributed by atoms with Crippen LogP contribution in [0.3, 0.4) is 0 Å². The lowest BCUT2D eigenvalue weighted by Crippen LogP contribution is -2.27. The van der Waals surface area contributed by atoms with Gasteiger partial charge in [0.05, 0.1) is 19.2 Å². The van der Waals surface area contributed by atoms with Gasteiger partial charge in [-0.15, -0.1) is 0 Å². The normalized spacial score (nSPS) is 14.2. The Morgan fingerprint density at radius 2 is 2.10 bits per heavy atom. The molecule has 1 aliphatic rings. The number of carbonyl (C=O) groups is 2. The molecule has 0 unspecified atom stereocenters. The van der Waals surface area contributed by atoms with E-state index in [4.69, 9.17) is 10.00 Å². The van der Waals surface area contributed by atoms with Crippen molar-refractivity contribution in [2.75, 3.05) is 25.2 Å². The highest BCUT2D eigenvalue weighted by Crippen LogP contribution is 2.25. The van der Waals surface area contributed by atoms with Gasteiger partial charge in [-0.3, -0.25) is 4.79 Å². The van der Waals surface area contributed by atoms with Gasteiger partial charge in [0, 0.05) is 5.69 Å². The van der Waals surface area contributed by atoms with Gasteiger partial charge in [0.15, 0.2) is 6.61 Å². The van der Waals surface area contributed by atoms with Crippen LogP contribution >= 0.6 is 0 Å². The Hall–Kier alpha value is -2.81. The fraction of sp³-hybridized carbons (Fsp3) is 0.214. The average molecular weight is 272 g/mol. The Morgan fingerprint density at radius 1 is 1.40 bits per heavy atom. The molecule has 0 N–H and O–H groups in total. The summed E-state index contributed by atoms with van der Waals surface area (Å²) < 4.78 is 9.55. The molecule has 0 radical (unpaired) electrons. The fourth-order valence-electron chi connectivity index (χ4n) is 1.79. The Labute approximate surface area is 115 Å². The molecule has 1 heterocycles. The summed E-state index contributed by atoms with van der Waals surface area (Å²) in [5.41, 5.74) is 0.865. The van der Waals surface area contributed by atoms with E-state index >= 15 is 0 Å². The van der Waals surface area contributed by atoms with Crippen molar-refractivity contribution < 1.29 is 19.1 Å². The number of hydrogen-bond acceptors (Lipinski definition) is 5. The Kier molecular flexibility index (Phi) is 4.01. The lowest BCUT2D eigenvalue weighted by atomic mass is 10.3. The van der Waals surface area contributed by atoms with Crippen LogP contribution in [0.5, 0.6) is 0 Å². The van der Waals surface area contributed by atoms with E-state index in [2.05, 4.69) is 4.74 Å². The summed E-state index contributed by atoms with van der Waals surface area (Å²) >= 11 is 0. The monoisotopic (exact) mass is 272 g/mol. The van der Waals surface area contributed by atoms with E-state index in [0.717, 1.165) is 0 Å². The number of anilines is 1. The molecule has 0 aliphatic carbocycles. The van der Waals surface area contributed by atoms with Crippen LogP contribution < -0.4 is 4.90 Å². The predicted octanol–water partition coefficient (Wildman–Crippen LogP) is 1.00. The topological polar surface area (TPSA) is 79.6 Å². The van der Waals surface area contributed by atoms with Crippen molar-refractivity contribution in [1.29, 1.82) is 5.26 Å². The van der Waals surface area contributed by atoms with Gasteiger partial charge in [-0.05, 0) is 12.1 Å². The summed E-state index contributed by atoms with van der Waals surface area (Å²) in [6.45, 7) is -0.263. The van der Waals surface area contributed by atoms with Crippen molar-refractivity contribution in [3.8, 4) is 6.07 Å². The summed E-state index contributed by atoms with van der Waals surface area (Å²) in [4.78, 5) is 24.7. The Morgan fingerprint density at radius 3 is 2.70 bits per heavy atom. The molecule has 2 rings (SSSR count). The maximum Gasteiger partial charge on any atom is 0.343 e. The van der Waals surface area contributed by atoms with E-state index in [9.17, 15) is 9.59 Å². The van der Waals surface area contributed by atoms with E-state index in [1.165, 1.54) is 12.0 Å². The number of amides is 1. The first-order chi connectivity index (χ1) is 9.67. The first kappa shape index (κ1) is 13.6. The van der Waals surface area contributed by atoms with E-state index < -0.39 is 18.5 Å². The van der Waals surface area contributed by atoms with Crippen LogP contribution in [0.25, 0.3) is 0 Å². The molecule has 0 bridgehead atoms. The van der Waals surface area contributed by atoms with Crippen molar-refractivity contribution in [1.82, 2.24) is 0 Å². The van der Waals surface area contributed by atoms with Crippen molar-refractivity contribution in [3.05, 3.63) is 41.7 Å². The van der Waals surface area contributed by atoms with Crippen LogP contribution in [-0.4, -0.2) is 32.1 Å². The van der Waals surface area contributed by atoms with Crippen LogP contribution in [0.4, 0.5) is 5.69 Å². The highest BCUT2D eigenvalue weighted by molar-refractivity contribution is 6.08. The molecule has 20 heavy (non-hydrogen) atoms. The second-order valence-corrected chi connectivity index (χ2v) is 4.01. The first-order valence-electron chi connectivity index (χ1n) is 5.87. The zero-order valence-electron chi connectivity index (χ0n) is 10.8. The number of ether oxygens (including phenoxy) is 2. The highest BCUT2D eigenvalue weighted by atomic mass is 16.6. The molecule has 1 aromatic rings. The van der Waals surface area contributed by atoms with Gasteiger partial charge in [0.2, 0.25) is 5.76 Å². The molecule has 0 spiro atoms. The summed E-state index contributed by atoms with van der Waals surface area (Å²) in [7, 11) is 1.22. The van der Waals surface area contributed by atoms with Crippen LogP contribution in [0, 0.1) is 11.3 Å². The zero-order chi connectivity index (χ0) is 14.5. The first-order valence-corrected chi connectivity index (χ1v) is 5.87. The number of methoxy groups -OCH3 is 1. The number of nitriles is 1. The largest absolute Gasteiger partial charge is 0.475 e. The summed E-state index contributed by atoms with van der Waals surface area (Å²) in [6.07, 6.45) is 0. The summed E-state index contributed by atoms with van der Waals surface area (Å²) in [5, 5.41) is 9.06. The molecule has 102 valence electrons. The number of hydrogen-bond donors (Lipinski definition) is 0. The maximum atomic E-state index is 12.2. The van der Waals surface area contributed by atoms with Crippen LogP contribution in [-0.2, 0) is 19.1 Å². The van der Waals surface area contributed by atoms with Gasteiger partial charge >= 0.3 is 5.97 Å². The van der Waals surface area contributed by atoms with Gasteiger partial charge in [0.1, 0.15) is 6.07 Å². The lowest BCUT2D eigenvalue weighted by molar-refractivity contribution is -0.144. The number of benzene rings is 1. The van der Waals surface area contributed by atoms with Crippen LogP contribution in [0.1, 0.15) is 0 Å². The zero-order valence-corrected chi connectivity index (χ0v) is 10.8. The van der Waals surface area contributed by atoms with E-state index in [1.54, 1.807) is 24.3 Å². The van der Waals surface area contributed by atoms with Crippen molar-refractivity contribution in [2.45, 2.75) is 0 Å². The van der Waals surface area contributed by atoms with E-state index in [0.29, 0.717) is 5.69 Å². The summed E-state index contributed by atoms with van der Waals surface area (Å²) in [5.74, 6) is -1.14. The van der Waals surface area contributed by atoms with Gasteiger partial charge in [-0.2, -0.15) is 5.26 Å². The van der Waals surface area contributed by atoms with Crippen LogP contribution in [0.2, 0.25) is 0 Å². The lowest BCUT2D eigenvalue weighted by Gasteiger charge is -2.16. The summed E-state index contributed by atoms with van der Waals surface area (Å²) in [6, 6.07) is 10.9. The number of rotatable bonds is 4. The molecule has 1 aromatic carbocycles. The van der Waals surface area contributed by atoms with E-state index in [-0.39, 0.29) is 17.9 Å². The third kappa shape index (κ3) is 2.62. The second kappa shape index (κ2) is 5.89. The van der Waals surface area contributed by atoms with E-state index in [1.807, 2.05) is 12.1 Å². The molecule has 6 heteroatoms. The van der Waals surface area contributed by atoms with Crippen LogP contribution in [0.15, 0.2) is 41.7 Å². The fourth-order valence-corrected chi connectivity index (χ4v) is 1.79. The van der Waals surface area contributed by atoms with Crippen molar-refractivity contribution in [3.63, 3.8) is 0 Å². The minimum Gasteiger partial charge on any atom is -0.475 e. The van der Waals surface area contributed by atoms with Crippen molar-refractivity contribution >= 4 is 17.6 Å². The number of carbonyl (C=O) groups excluding carboxylic acids is 2. The number of nitrogens with zero attached hydrogens (tertiary/aromatic N) is 2. The minimum atomic E-state index is -0.610. The molecular formula is C14H12N2O4. The standard InChI is InChI=1S/C14H12N2O4/c1-19-12(17)9-20-13-10(7-15)8-16(14(13)18)11-5-3-2-4-6-11/h2-6H,8-9H2,1H3. The average Bonchev–Trinajstić information content (AvgIpc) is 2.82. The molecule has 1 aliphatic heterocycles. The second-order valence-electron chi connectivity index (χ2n) is 4.01. The van der Waals surface area contributed by atoms with Gasteiger partial charge in [-0.1, -0.05) is 18.2 Å². The predicted molar refractivity (Wildman–Crippen MR) is 69.4 cm³/mol. The maximum absolute atomic E-state index is 12.2. The third-order valence-corrected chi connectivity index (χ3v) is 2.79. The highest BCUT2D eigenvalue weighted by Gasteiger charge is 2.33. The molecule has 0 saturated heterocycles. The third-order valence-electron chi connectivity index (χ3n) is 2.79. The molecule has 0 atom stereocenters. The molecule has 0 saturated carbocycles. The van der Waals surface area contributed by atoms with Gasteiger partial charge < -0.3 is 14.4 Å². The Bertz CT molecular complexity index is 601. The van der Waals surface area contributed by atoms with Gasteiger partial charge in [0.25, 0.3) is 5.91 Å². The minimum absolute atomic E-state index is 0.0956. The SMILES string of the molecule is COC(=O)COC1=C(C#N)CN(c2ccccc2)C1=O. The molecule has 0 fully saturated rings. The smallest absolute Gasteiger partial charge is 0.343 e. The molecule has 0 aromatic heterocycles. The number of esters is 1. The Balaban J connectivity index is 2.17. The number of para-hydroxylation sites is 1. The molecular weight excluding hydrogens is 260 g/mol. The quantitative estimate of drug-likeness (QED) is 0.764. The van der Waals surface area contributed by atoms with Crippen molar-refractivity contribution in [2.24, 2.45) is 0 Å².